The van der Waals surface area contributed by atoms with Gasteiger partial charge < -0.3 is 14.8 Å². The molecule has 0 bridgehead atoms. The van der Waals surface area contributed by atoms with Crippen LogP contribution in [0.5, 0.6) is 0 Å². The Bertz CT molecular complexity index is 902. The number of hydrogen-bond acceptors (Lipinski definition) is 6. The Morgan fingerprint density at radius 1 is 0.967 bits per heavy atom. The van der Waals surface area contributed by atoms with E-state index in [-0.39, 0.29) is 13.2 Å². The number of carbonyl (C=O) groups is 2. The van der Waals surface area contributed by atoms with Crippen molar-refractivity contribution in [1.29, 1.82) is 0 Å². The van der Waals surface area contributed by atoms with Gasteiger partial charge in [0.25, 0.3) is 0 Å². The summed E-state index contributed by atoms with van der Waals surface area (Å²) in [6.07, 6.45) is -0.0570. The Kier molecular flexibility index (Phi) is 7.24. The first-order chi connectivity index (χ1) is 14.5. The molecule has 2 aromatic carbocycles. The van der Waals surface area contributed by atoms with Crippen molar-refractivity contribution in [2.75, 3.05) is 18.5 Å². The van der Waals surface area contributed by atoms with Gasteiger partial charge in [0.2, 0.25) is 0 Å². The summed E-state index contributed by atoms with van der Waals surface area (Å²) < 4.78 is 11.6. The van der Waals surface area contributed by atoms with Crippen LogP contribution in [0.2, 0.25) is 0 Å². The third kappa shape index (κ3) is 5.07. The minimum absolute atomic E-state index is 0.184. The molecule has 1 unspecified atom stereocenters. The molecule has 30 heavy (non-hydrogen) atoms. The van der Waals surface area contributed by atoms with Gasteiger partial charge in [0.1, 0.15) is 6.17 Å². The Morgan fingerprint density at radius 3 is 2.23 bits per heavy atom. The molecule has 2 amide bonds. The van der Waals surface area contributed by atoms with Gasteiger partial charge in [-0.2, -0.15) is 5.01 Å². The smallest absolute Gasteiger partial charge is 0.440 e. The molecule has 1 heterocycles. The largest absolute Gasteiger partial charge is 0.448 e. The monoisotopic (exact) mass is 427 g/mol. The van der Waals surface area contributed by atoms with Gasteiger partial charge in [-0.3, -0.25) is 0 Å². The molecule has 158 valence electrons. The molecule has 2 aromatic rings. The summed E-state index contributed by atoms with van der Waals surface area (Å²) in [4.78, 5) is 26.3. The number of benzene rings is 2. The van der Waals surface area contributed by atoms with Crippen molar-refractivity contribution in [3.8, 4) is 0 Å². The van der Waals surface area contributed by atoms with Crippen LogP contribution in [0, 0.1) is 6.92 Å². The van der Waals surface area contributed by atoms with Gasteiger partial charge in [-0.05, 0) is 44.5 Å². The number of rotatable bonds is 5. The molecule has 3 rings (SSSR count). The second-order valence-corrected chi connectivity index (χ2v) is 7.43. The molecule has 1 aliphatic rings. The van der Waals surface area contributed by atoms with Crippen molar-refractivity contribution in [1.82, 2.24) is 9.42 Å². The normalized spacial score (nSPS) is 16.0. The zero-order valence-corrected chi connectivity index (χ0v) is 18.0. The van der Waals surface area contributed by atoms with Gasteiger partial charge in [-0.1, -0.05) is 48.0 Å². The zero-order chi connectivity index (χ0) is 21.5. The molecule has 8 heteroatoms. The number of carbonyl (C=O) groups excluding carboxylic acids is 2. The number of aryl methyl sites for hydroxylation is 1. The summed E-state index contributed by atoms with van der Waals surface area (Å²) >= 11 is 1.12. The van der Waals surface area contributed by atoms with E-state index in [0.717, 1.165) is 33.7 Å². The van der Waals surface area contributed by atoms with Crippen LogP contribution in [-0.2, 0) is 9.47 Å². The van der Waals surface area contributed by atoms with Crippen molar-refractivity contribution in [2.24, 2.45) is 0 Å². The summed E-state index contributed by atoms with van der Waals surface area (Å²) in [5.41, 5.74) is 2.85. The summed E-state index contributed by atoms with van der Waals surface area (Å²) in [6.45, 7) is 5.81. The lowest BCUT2D eigenvalue weighted by atomic mass is 10.2. The van der Waals surface area contributed by atoms with E-state index in [9.17, 15) is 9.59 Å². The highest BCUT2D eigenvalue weighted by Gasteiger charge is 2.39. The summed E-state index contributed by atoms with van der Waals surface area (Å²) in [6, 6.07) is 17.5. The number of amides is 2. The topological polar surface area (TPSA) is 71.1 Å². The lowest BCUT2D eigenvalue weighted by Crippen LogP contribution is -2.55. The van der Waals surface area contributed by atoms with Gasteiger partial charge in [0.15, 0.2) is 0 Å². The van der Waals surface area contributed by atoms with Gasteiger partial charge >= 0.3 is 12.2 Å². The van der Waals surface area contributed by atoms with Crippen LogP contribution in [0.4, 0.5) is 15.3 Å². The Balaban J connectivity index is 2.03. The Hall–Kier alpha value is -3.13. The molecule has 1 aliphatic heterocycles. The van der Waals surface area contributed by atoms with Gasteiger partial charge in [0, 0.05) is 22.5 Å². The average Bonchev–Trinajstić information content (AvgIpc) is 2.75. The SMILES string of the molecule is CCOC(=O)N1SC(c2ccccc2)=CC(Nc2ccc(C)cc2)N1C(=O)OCC. The first-order valence-electron chi connectivity index (χ1n) is 9.74. The lowest BCUT2D eigenvalue weighted by molar-refractivity contribution is 0.0212. The van der Waals surface area contributed by atoms with Crippen LogP contribution in [0.25, 0.3) is 4.91 Å². The van der Waals surface area contributed by atoms with E-state index in [4.69, 9.17) is 9.47 Å². The van der Waals surface area contributed by atoms with E-state index < -0.39 is 18.4 Å². The molecular weight excluding hydrogens is 402 g/mol. The quantitative estimate of drug-likeness (QED) is 0.656. The van der Waals surface area contributed by atoms with E-state index in [1.165, 1.54) is 9.42 Å². The van der Waals surface area contributed by atoms with E-state index in [1.54, 1.807) is 13.8 Å². The first kappa shape index (κ1) is 21.6. The second kappa shape index (κ2) is 10.1. The average molecular weight is 428 g/mol. The lowest BCUT2D eigenvalue weighted by Gasteiger charge is -2.40. The van der Waals surface area contributed by atoms with E-state index in [2.05, 4.69) is 5.32 Å². The first-order valence-corrected chi connectivity index (χ1v) is 10.5. The van der Waals surface area contributed by atoms with Crippen LogP contribution < -0.4 is 5.32 Å². The van der Waals surface area contributed by atoms with Crippen LogP contribution in [0.1, 0.15) is 25.0 Å². The number of hydrogen-bond donors (Lipinski definition) is 1. The molecule has 0 aromatic heterocycles. The maximum atomic E-state index is 12.8. The molecule has 0 saturated heterocycles. The maximum absolute atomic E-state index is 12.8. The fraction of sp³-hybridized carbons (Fsp3) is 0.273. The van der Waals surface area contributed by atoms with E-state index in [0.29, 0.717) is 0 Å². The van der Waals surface area contributed by atoms with Crippen LogP contribution in [-0.4, -0.2) is 41.0 Å². The molecular formula is C22H25N3O4S. The molecule has 1 N–H and O–H groups in total. The number of hydrazine groups is 1. The minimum Gasteiger partial charge on any atom is -0.448 e. The highest BCUT2D eigenvalue weighted by Crippen LogP contribution is 2.38. The summed E-state index contributed by atoms with van der Waals surface area (Å²) in [7, 11) is 0. The summed E-state index contributed by atoms with van der Waals surface area (Å²) in [5.74, 6) is 0. The standard InChI is InChI=1S/C22H25N3O4S/c1-4-28-21(26)24-20(23-18-13-11-16(3)12-14-18)15-19(17-9-7-6-8-10-17)30-25(24)22(27)29-5-2/h6-15,20,23H,4-5H2,1-3H3. The molecule has 1 atom stereocenters. The van der Waals surface area contributed by atoms with Crippen molar-refractivity contribution < 1.29 is 19.1 Å². The number of nitrogens with zero attached hydrogens (tertiary/aromatic N) is 2. The van der Waals surface area contributed by atoms with Crippen molar-refractivity contribution in [3.63, 3.8) is 0 Å². The van der Waals surface area contributed by atoms with Crippen LogP contribution in [0.15, 0.2) is 60.7 Å². The fourth-order valence-electron chi connectivity index (χ4n) is 2.85. The Labute approximate surface area is 180 Å². The van der Waals surface area contributed by atoms with E-state index >= 15 is 0 Å². The molecule has 7 nitrogen and oxygen atoms in total. The highest BCUT2D eigenvalue weighted by atomic mass is 32.2. The van der Waals surface area contributed by atoms with Gasteiger partial charge in [0.05, 0.1) is 13.2 Å². The van der Waals surface area contributed by atoms with Crippen LogP contribution >= 0.6 is 11.9 Å². The molecule has 0 radical (unpaired) electrons. The Morgan fingerprint density at radius 2 is 1.60 bits per heavy atom. The highest BCUT2D eigenvalue weighted by molar-refractivity contribution is 8.06. The van der Waals surface area contributed by atoms with E-state index in [1.807, 2.05) is 67.6 Å². The van der Waals surface area contributed by atoms with Crippen molar-refractivity contribution in [3.05, 3.63) is 71.8 Å². The van der Waals surface area contributed by atoms with Gasteiger partial charge in [-0.25, -0.2) is 9.59 Å². The number of nitrogens with one attached hydrogen (secondary N) is 1. The fourth-order valence-corrected chi connectivity index (χ4v) is 3.85. The number of ether oxygens (including phenoxy) is 2. The number of anilines is 1. The van der Waals surface area contributed by atoms with Crippen molar-refractivity contribution in [2.45, 2.75) is 26.9 Å². The zero-order valence-electron chi connectivity index (χ0n) is 17.2. The molecule has 0 fully saturated rings. The molecule has 0 aliphatic carbocycles. The van der Waals surface area contributed by atoms with Crippen LogP contribution in [0.3, 0.4) is 0 Å². The predicted molar refractivity (Wildman–Crippen MR) is 118 cm³/mol. The third-order valence-corrected chi connectivity index (χ3v) is 5.32. The summed E-state index contributed by atoms with van der Waals surface area (Å²) in [5, 5.41) is 4.54. The third-order valence-electron chi connectivity index (χ3n) is 4.26. The maximum Gasteiger partial charge on any atom is 0.440 e. The van der Waals surface area contributed by atoms with Crippen molar-refractivity contribution >= 4 is 34.7 Å². The second-order valence-electron chi connectivity index (χ2n) is 6.46. The molecule has 0 spiro atoms. The van der Waals surface area contributed by atoms with Gasteiger partial charge in [-0.15, -0.1) is 4.41 Å². The molecule has 0 saturated carbocycles. The predicted octanol–water partition coefficient (Wildman–Crippen LogP) is 5.27. The minimum atomic E-state index is -0.660.